The number of hydrogen-bond donors (Lipinski definition) is 1. The summed E-state index contributed by atoms with van der Waals surface area (Å²) in [6, 6.07) is 2.35. The van der Waals surface area contributed by atoms with E-state index in [0.29, 0.717) is 5.56 Å². The molecule has 1 heterocycles. The van der Waals surface area contributed by atoms with Crippen molar-refractivity contribution in [2.24, 2.45) is 0 Å². The summed E-state index contributed by atoms with van der Waals surface area (Å²) in [6.07, 6.45) is 1.68. The molecule has 1 aliphatic rings. The number of benzene rings is 1. The molecule has 1 aromatic carbocycles. The predicted molar refractivity (Wildman–Crippen MR) is 54.9 cm³/mol. The Hall–Kier alpha value is -0.740. The van der Waals surface area contributed by atoms with E-state index >= 15 is 0 Å². The van der Waals surface area contributed by atoms with E-state index in [2.05, 4.69) is 21.2 Å². The Morgan fingerprint density at radius 2 is 1.93 bits per heavy atom. The van der Waals surface area contributed by atoms with Gasteiger partial charge in [-0.05, 0) is 33.6 Å². The fourth-order valence-electron chi connectivity index (χ4n) is 1.24. The maximum absolute atomic E-state index is 13.3. The van der Waals surface area contributed by atoms with Gasteiger partial charge in [0.05, 0.1) is 4.47 Å². The van der Waals surface area contributed by atoms with Gasteiger partial charge in [-0.25, -0.2) is 8.78 Å². The van der Waals surface area contributed by atoms with Gasteiger partial charge < -0.3 is 5.32 Å². The Kier molecular flexibility index (Phi) is 2.65. The highest BCUT2D eigenvalue weighted by Gasteiger charge is 2.10. The second-order valence-corrected chi connectivity index (χ2v) is 4.05. The maximum atomic E-state index is 13.3. The van der Waals surface area contributed by atoms with E-state index in [1.54, 1.807) is 6.08 Å². The molecule has 1 N–H and O–H groups in total. The van der Waals surface area contributed by atoms with Gasteiger partial charge >= 0.3 is 0 Å². The monoisotopic (exact) mass is 259 g/mol. The lowest BCUT2D eigenvalue weighted by atomic mass is 10.1. The topological polar surface area (TPSA) is 12.0 Å². The molecule has 14 heavy (non-hydrogen) atoms. The number of rotatable bonds is 1. The van der Waals surface area contributed by atoms with Crippen LogP contribution in [0.3, 0.4) is 0 Å². The van der Waals surface area contributed by atoms with Crippen molar-refractivity contribution in [2.45, 2.75) is 0 Å². The first-order valence-electron chi connectivity index (χ1n) is 4.21. The zero-order valence-electron chi connectivity index (χ0n) is 7.28. The molecule has 4 heteroatoms. The fraction of sp³-hybridized carbons (Fsp3) is 0.200. The Morgan fingerprint density at radius 3 is 2.50 bits per heavy atom. The SMILES string of the molecule is Fc1cc(C=C2CNC2)c(F)cc1Br. The van der Waals surface area contributed by atoms with Crippen molar-refractivity contribution in [2.75, 3.05) is 13.1 Å². The highest BCUT2D eigenvalue weighted by molar-refractivity contribution is 9.10. The van der Waals surface area contributed by atoms with E-state index in [-0.39, 0.29) is 4.47 Å². The van der Waals surface area contributed by atoms with Crippen LogP contribution in [-0.2, 0) is 0 Å². The van der Waals surface area contributed by atoms with Gasteiger partial charge in [-0.3, -0.25) is 0 Å². The minimum Gasteiger partial charge on any atom is -0.309 e. The molecular formula is C10H8BrF2N. The molecule has 0 radical (unpaired) electrons. The van der Waals surface area contributed by atoms with E-state index in [4.69, 9.17) is 0 Å². The van der Waals surface area contributed by atoms with Crippen LogP contribution in [-0.4, -0.2) is 13.1 Å². The van der Waals surface area contributed by atoms with Gasteiger partial charge in [-0.15, -0.1) is 0 Å². The highest BCUT2D eigenvalue weighted by atomic mass is 79.9. The first kappa shape index (κ1) is 9.80. The van der Waals surface area contributed by atoms with Crippen molar-refractivity contribution in [3.8, 4) is 0 Å². The van der Waals surface area contributed by atoms with Crippen LogP contribution in [0.2, 0.25) is 0 Å². The first-order chi connectivity index (χ1) is 6.66. The summed E-state index contributed by atoms with van der Waals surface area (Å²) in [5.41, 5.74) is 1.40. The summed E-state index contributed by atoms with van der Waals surface area (Å²) in [4.78, 5) is 0. The first-order valence-corrected chi connectivity index (χ1v) is 5.01. The average Bonchev–Trinajstić information content (AvgIpc) is 2.06. The molecule has 0 unspecified atom stereocenters. The van der Waals surface area contributed by atoms with Crippen molar-refractivity contribution in [1.82, 2.24) is 5.32 Å². The number of halogens is 3. The van der Waals surface area contributed by atoms with Gasteiger partial charge in [-0.2, -0.15) is 0 Å². The molecule has 0 aromatic heterocycles. The summed E-state index contributed by atoms with van der Waals surface area (Å²) in [5, 5.41) is 3.03. The lowest BCUT2D eigenvalue weighted by Gasteiger charge is -2.18. The van der Waals surface area contributed by atoms with E-state index < -0.39 is 11.6 Å². The molecule has 1 saturated heterocycles. The zero-order chi connectivity index (χ0) is 10.1. The van der Waals surface area contributed by atoms with E-state index in [1.807, 2.05) is 0 Å². The van der Waals surface area contributed by atoms with Crippen LogP contribution >= 0.6 is 15.9 Å². The van der Waals surface area contributed by atoms with Crippen molar-refractivity contribution < 1.29 is 8.78 Å². The average molecular weight is 260 g/mol. The second kappa shape index (κ2) is 3.79. The third kappa shape index (κ3) is 1.86. The fourth-order valence-corrected chi connectivity index (χ4v) is 1.56. The van der Waals surface area contributed by atoms with Crippen LogP contribution in [0.4, 0.5) is 8.78 Å². The molecule has 0 aliphatic carbocycles. The summed E-state index contributed by atoms with van der Waals surface area (Å²) in [7, 11) is 0. The van der Waals surface area contributed by atoms with Gasteiger partial charge in [0.1, 0.15) is 11.6 Å². The minimum atomic E-state index is -0.439. The highest BCUT2D eigenvalue weighted by Crippen LogP contribution is 2.22. The number of nitrogens with one attached hydrogen (secondary N) is 1. The molecule has 74 valence electrons. The van der Waals surface area contributed by atoms with Gasteiger partial charge in [-0.1, -0.05) is 6.08 Å². The Morgan fingerprint density at radius 1 is 1.21 bits per heavy atom. The summed E-state index contributed by atoms with van der Waals surface area (Å²) < 4.78 is 26.5. The third-order valence-electron chi connectivity index (χ3n) is 2.10. The minimum absolute atomic E-state index is 0.156. The van der Waals surface area contributed by atoms with Crippen molar-refractivity contribution in [1.29, 1.82) is 0 Å². The van der Waals surface area contributed by atoms with Crippen molar-refractivity contribution in [3.63, 3.8) is 0 Å². The molecule has 1 nitrogen and oxygen atoms in total. The molecule has 1 fully saturated rings. The molecule has 0 saturated carbocycles. The summed E-state index contributed by atoms with van der Waals surface area (Å²) in [5.74, 6) is -0.844. The molecule has 0 spiro atoms. The molecule has 1 aromatic rings. The molecule has 0 bridgehead atoms. The Labute approximate surface area is 88.9 Å². The lowest BCUT2D eigenvalue weighted by molar-refractivity contribution is 0.591. The zero-order valence-corrected chi connectivity index (χ0v) is 8.87. The Balaban J connectivity index is 2.37. The molecule has 0 amide bonds. The quantitative estimate of drug-likeness (QED) is 0.765. The van der Waals surface area contributed by atoms with Crippen LogP contribution in [0.25, 0.3) is 6.08 Å². The third-order valence-corrected chi connectivity index (χ3v) is 2.71. The number of hydrogen-bond acceptors (Lipinski definition) is 1. The lowest BCUT2D eigenvalue weighted by Crippen LogP contribution is -2.33. The van der Waals surface area contributed by atoms with Crippen LogP contribution in [0, 0.1) is 11.6 Å². The van der Waals surface area contributed by atoms with E-state index in [9.17, 15) is 8.78 Å². The molecule has 1 aliphatic heterocycles. The second-order valence-electron chi connectivity index (χ2n) is 3.19. The molecular weight excluding hydrogens is 252 g/mol. The van der Waals surface area contributed by atoms with Crippen LogP contribution in [0.15, 0.2) is 22.2 Å². The van der Waals surface area contributed by atoms with Crippen LogP contribution < -0.4 is 5.32 Å². The standard InChI is InChI=1S/C10H8BrF2N/c11-8-3-9(12)7(2-10(8)13)1-6-4-14-5-6/h1-3,14H,4-5H2. The molecule has 2 rings (SSSR count). The summed E-state index contributed by atoms with van der Waals surface area (Å²) >= 11 is 2.93. The smallest absolute Gasteiger partial charge is 0.138 e. The molecule has 0 atom stereocenters. The van der Waals surface area contributed by atoms with Gasteiger partial charge in [0, 0.05) is 18.7 Å². The van der Waals surface area contributed by atoms with E-state index in [0.717, 1.165) is 24.7 Å². The van der Waals surface area contributed by atoms with Gasteiger partial charge in [0.2, 0.25) is 0 Å². The van der Waals surface area contributed by atoms with Crippen LogP contribution in [0.5, 0.6) is 0 Å². The Bertz CT molecular complexity index is 395. The van der Waals surface area contributed by atoms with Crippen molar-refractivity contribution in [3.05, 3.63) is 39.4 Å². The van der Waals surface area contributed by atoms with Crippen molar-refractivity contribution >= 4 is 22.0 Å². The maximum Gasteiger partial charge on any atom is 0.138 e. The predicted octanol–water partition coefficient (Wildman–Crippen LogP) is 2.71. The largest absolute Gasteiger partial charge is 0.309 e. The van der Waals surface area contributed by atoms with Gasteiger partial charge in [0.25, 0.3) is 0 Å². The van der Waals surface area contributed by atoms with Crippen LogP contribution in [0.1, 0.15) is 5.56 Å². The van der Waals surface area contributed by atoms with E-state index in [1.165, 1.54) is 6.07 Å². The van der Waals surface area contributed by atoms with Gasteiger partial charge in [0.15, 0.2) is 0 Å². The normalized spacial score (nSPS) is 15.2. The summed E-state index contributed by atoms with van der Waals surface area (Å²) in [6.45, 7) is 1.52.